The van der Waals surface area contributed by atoms with Crippen molar-refractivity contribution in [3.8, 4) is 0 Å². The monoisotopic (exact) mass is 469 g/mol. The predicted molar refractivity (Wildman–Crippen MR) is 139 cm³/mol. The Morgan fingerprint density at radius 2 is 1.06 bits per heavy atom. The highest BCUT2D eigenvalue weighted by atomic mass is 16.6. The molecule has 174 valence electrons. The van der Waals surface area contributed by atoms with Crippen molar-refractivity contribution in [1.82, 2.24) is 0 Å². The lowest BCUT2D eigenvalue weighted by atomic mass is 9.61. The largest absolute Gasteiger partial charge is 0.341 e. The summed E-state index contributed by atoms with van der Waals surface area (Å²) >= 11 is 0. The Hall–Kier alpha value is -4.28. The maximum absolute atomic E-state index is 13.1. The van der Waals surface area contributed by atoms with Crippen LogP contribution in [-0.4, -0.2) is 11.0 Å². The van der Waals surface area contributed by atoms with E-state index in [-0.39, 0.29) is 4.92 Å². The molecule has 0 radical (unpaired) electrons. The van der Waals surface area contributed by atoms with Gasteiger partial charge in [-0.25, -0.2) is 0 Å². The van der Waals surface area contributed by atoms with Crippen molar-refractivity contribution < 1.29 is 9.66 Å². The minimum Gasteiger partial charge on any atom is -0.341 e. The van der Waals surface area contributed by atoms with Crippen LogP contribution in [0.2, 0.25) is 0 Å². The fourth-order valence-electron chi connectivity index (χ4n) is 6.62. The summed E-state index contributed by atoms with van der Waals surface area (Å²) in [6.07, 6.45) is 0. The van der Waals surface area contributed by atoms with Crippen molar-refractivity contribution in [2.75, 3.05) is 0 Å². The Kier molecular flexibility index (Phi) is 4.45. The minimum atomic E-state index is -1.24. The molecule has 0 N–H and O–H groups in total. The Morgan fingerprint density at radius 1 is 0.611 bits per heavy atom. The third kappa shape index (κ3) is 2.62. The van der Waals surface area contributed by atoms with Crippen LogP contribution >= 0.6 is 0 Å². The van der Waals surface area contributed by atoms with E-state index in [4.69, 9.17) is 4.74 Å². The number of ether oxygens (including phenoxy) is 1. The van der Waals surface area contributed by atoms with Crippen LogP contribution in [0.15, 0.2) is 127 Å². The molecule has 2 bridgehead atoms. The van der Waals surface area contributed by atoms with Crippen LogP contribution in [0.4, 0.5) is 0 Å². The van der Waals surface area contributed by atoms with E-state index in [1.54, 1.807) is 0 Å². The van der Waals surface area contributed by atoms with Crippen molar-refractivity contribution in [3.05, 3.63) is 165 Å². The Morgan fingerprint density at radius 3 is 1.58 bits per heavy atom. The highest BCUT2D eigenvalue weighted by molar-refractivity contribution is 5.86. The average Bonchev–Trinajstić information content (AvgIpc) is 3.42. The molecule has 2 aliphatic rings. The Balaban J connectivity index is 1.67. The normalized spacial score (nSPS) is 26.1. The summed E-state index contributed by atoms with van der Waals surface area (Å²) < 4.78 is 7.26. The molecule has 0 saturated carbocycles. The van der Waals surface area contributed by atoms with E-state index in [9.17, 15) is 10.1 Å². The van der Waals surface area contributed by atoms with E-state index >= 15 is 0 Å². The summed E-state index contributed by atoms with van der Waals surface area (Å²) in [6.45, 7) is 0. The molecule has 0 amide bonds. The van der Waals surface area contributed by atoms with E-state index in [1.165, 1.54) is 0 Å². The molecule has 4 heteroatoms. The molecule has 5 aromatic carbocycles. The van der Waals surface area contributed by atoms with Crippen LogP contribution in [0.1, 0.15) is 33.7 Å². The van der Waals surface area contributed by atoms with Crippen LogP contribution in [0.25, 0.3) is 10.8 Å². The van der Waals surface area contributed by atoms with Crippen LogP contribution in [0.5, 0.6) is 0 Å². The van der Waals surface area contributed by atoms with Gasteiger partial charge >= 0.3 is 0 Å². The first-order chi connectivity index (χ1) is 17.7. The maximum Gasteiger partial charge on any atom is 0.260 e. The lowest BCUT2D eigenvalue weighted by Crippen LogP contribution is -2.47. The zero-order valence-corrected chi connectivity index (χ0v) is 19.5. The van der Waals surface area contributed by atoms with E-state index in [2.05, 4.69) is 24.3 Å². The molecule has 1 saturated heterocycles. The molecule has 7 rings (SSSR count). The average molecular weight is 470 g/mol. The summed E-state index contributed by atoms with van der Waals surface area (Å²) in [6, 6.07) is 41.1. The molecule has 2 heterocycles. The lowest BCUT2D eigenvalue weighted by Gasteiger charge is -2.37. The fraction of sp³-hybridized carbons (Fsp3) is 0.125. The van der Waals surface area contributed by atoms with Crippen molar-refractivity contribution in [2.24, 2.45) is 0 Å². The standard InChI is InChI=1S/C32H23NO3/c34-33(35)30-29(22-12-4-1-5-13-22)31(25-16-6-2-7-17-25)27-20-23-14-10-11-15-24(23)21-28(27)32(30,36-31)26-18-8-3-9-19-26/h1-21,29-30H/t29-,30+,31+,32+/m1/s1. The van der Waals surface area contributed by atoms with Gasteiger partial charge in [0, 0.05) is 10.5 Å². The summed E-state index contributed by atoms with van der Waals surface area (Å²) in [5.74, 6) is -0.523. The summed E-state index contributed by atoms with van der Waals surface area (Å²) in [5.41, 5.74) is 2.26. The zero-order chi connectivity index (χ0) is 24.3. The van der Waals surface area contributed by atoms with Crippen LogP contribution in [0.3, 0.4) is 0 Å². The maximum atomic E-state index is 13.1. The van der Waals surface area contributed by atoms with Gasteiger partial charge in [-0.15, -0.1) is 0 Å². The van der Waals surface area contributed by atoms with Gasteiger partial charge in [0.25, 0.3) is 6.04 Å². The first-order valence-corrected chi connectivity index (χ1v) is 12.2. The Labute approximate surface area is 208 Å². The number of nitro groups is 1. The van der Waals surface area contributed by atoms with Crippen molar-refractivity contribution in [2.45, 2.75) is 23.2 Å². The zero-order valence-electron chi connectivity index (χ0n) is 19.5. The highest BCUT2D eigenvalue weighted by Crippen LogP contribution is 2.69. The molecule has 0 aromatic heterocycles. The minimum absolute atomic E-state index is 0.118. The van der Waals surface area contributed by atoms with Crippen LogP contribution in [0, 0.1) is 10.1 Å². The number of benzene rings is 5. The molecule has 4 nitrogen and oxygen atoms in total. The van der Waals surface area contributed by atoms with Gasteiger partial charge in [-0.1, -0.05) is 115 Å². The Bertz CT molecular complexity index is 1600. The second-order valence-electron chi connectivity index (χ2n) is 9.67. The first-order valence-electron chi connectivity index (χ1n) is 12.2. The quantitative estimate of drug-likeness (QED) is 0.215. The fourth-order valence-corrected chi connectivity index (χ4v) is 6.62. The van der Waals surface area contributed by atoms with Gasteiger partial charge in [0.05, 0.1) is 5.92 Å². The van der Waals surface area contributed by atoms with Gasteiger partial charge in [-0.05, 0) is 45.2 Å². The topological polar surface area (TPSA) is 52.4 Å². The third-order valence-electron chi connectivity index (χ3n) is 7.97. The van der Waals surface area contributed by atoms with Gasteiger partial charge in [-0.3, -0.25) is 10.1 Å². The molecule has 4 atom stereocenters. The number of fused-ring (bicyclic) bond motifs is 6. The number of rotatable bonds is 4. The van der Waals surface area contributed by atoms with Crippen molar-refractivity contribution >= 4 is 10.8 Å². The molecule has 36 heavy (non-hydrogen) atoms. The molecule has 1 fully saturated rings. The van der Waals surface area contributed by atoms with E-state index in [0.29, 0.717) is 0 Å². The van der Waals surface area contributed by atoms with Gasteiger partial charge in [0.2, 0.25) is 0 Å². The van der Waals surface area contributed by atoms with E-state index in [1.807, 2.05) is 103 Å². The van der Waals surface area contributed by atoms with Gasteiger partial charge in [0.1, 0.15) is 5.60 Å². The second-order valence-corrected chi connectivity index (χ2v) is 9.67. The smallest absolute Gasteiger partial charge is 0.260 e. The molecule has 0 unspecified atom stereocenters. The van der Waals surface area contributed by atoms with Crippen molar-refractivity contribution in [3.63, 3.8) is 0 Å². The van der Waals surface area contributed by atoms with Gasteiger partial charge in [0.15, 0.2) is 5.60 Å². The summed E-state index contributed by atoms with van der Waals surface area (Å²) in [5, 5.41) is 15.3. The third-order valence-corrected chi connectivity index (χ3v) is 7.97. The molecule has 2 aliphatic heterocycles. The molecule has 5 aromatic rings. The van der Waals surface area contributed by atoms with Crippen LogP contribution < -0.4 is 0 Å². The first kappa shape index (κ1) is 21.0. The van der Waals surface area contributed by atoms with Crippen molar-refractivity contribution in [1.29, 1.82) is 0 Å². The summed E-state index contributed by atoms with van der Waals surface area (Å²) in [4.78, 5) is 13.0. The number of hydrogen-bond donors (Lipinski definition) is 0. The lowest BCUT2D eigenvalue weighted by molar-refractivity contribution is -0.539. The molecular weight excluding hydrogens is 446 g/mol. The molecule has 0 aliphatic carbocycles. The summed E-state index contributed by atoms with van der Waals surface area (Å²) in [7, 11) is 0. The number of hydrogen-bond acceptors (Lipinski definition) is 3. The van der Waals surface area contributed by atoms with Gasteiger partial charge in [-0.2, -0.15) is 0 Å². The van der Waals surface area contributed by atoms with E-state index < -0.39 is 23.2 Å². The van der Waals surface area contributed by atoms with E-state index in [0.717, 1.165) is 38.6 Å². The molecular formula is C32H23NO3. The van der Waals surface area contributed by atoms with Gasteiger partial charge < -0.3 is 4.74 Å². The SMILES string of the molecule is O=[N+]([O-])[C@H]1[C@@H](c2ccccc2)[C@@]2(c3ccccc3)O[C@@]1(c1ccccc1)c1cc3ccccc3cc12. The molecule has 0 spiro atoms. The number of nitrogens with zero attached hydrogens (tertiary/aromatic N) is 1. The van der Waals surface area contributed by atoms with Crippen LogP contribution in [-0.2, 0) is 15.9 Å². The predicted octanol–water partition coefficient (Wildman–Crippen LogP) is 6.80. The highest BCUT2D eigenvalue weighted by Gasteiger charge is 2.76. The second kappa shape index (κ2) is 7.61.